The molecule has 1 fully saturated rings. The smallest absolute Gasteiger partial charge is 0.0787 e. The van der Waals surface area contributed by atoms with E-state index < -0.39 is 0 Å². The summed E-state index contributed by atoms with van der Waals surface area (Å²) in [5.74, 6) is 0.784. The van der Waals surface area contributed by atoms with Crippen LogP contribution in [0.1, 0.15) is 56.1 Å². The summed E-state index contributed by atoms with van der Waals surface area (Å²) in [4.78, 5) is 0. The van der Waals surface area contributed by atoms with Crippen molar-refractivity contribution in [2.24, 2.45) is 5.92 Å². The minimum atomic E-state index is -0.250. The lowest BCUT2D eigenvalue weighted by molar-refractivity contribution is 0.0453. The Bertz CT molecular complexity index is 695. The number of hydrogen-bond donors (Lipinski definition) is 1. The van der Waals surface area contributed by atoms with E-state index in [2.05, 4.69) is 62.0 Å². The maximum Gasteiger partial charge on any atom is 0.0787 e. The number of hydrogen-bond acceptors (Lipinski definition) is 2. The number of aliphatic hydroxyl groups excluding tert-OH is 1. The second kappa shape index (κ2) is 9.87. The zero-order valence-electron chi connectivity index (χ0n) is 16.4. The van der Waals surface area contributed by atoms with Crippen LogP contribution in [0.15, 0.2) is 72.8 Å². The molecule has 0 heterocycles. The molecular weight excluding hydrogens is 332 g/mol. The van der Waals surface area contributed by atoms with E-state index in [9.17, 15) is 5.11 Å². The highest BCUT2D eigenvalue weighted by Crippen LogP contribution is 2.34. The van der Waals surface area contributed by atoms with Gasteiger partial charge in [-0.05, 0) is 60.6 Å². The summed E-state index contributed by atoms with van der Waals surface area (Å²) in [5.41, 5.74) is 3.64. The van der Waals surface area contributed by atoms with Crippen molar-refractivity contribution < 1.29 is 9.84 Å². The largest absolute Gasteiger partial charge is 0.393 e. The third kappa shape index (κ3) is 6.05. The molecule has 0 saturated heterocycles. The van der Waals surface area contributed by atoms with E-state index in [1.165, 1.54) is 11.1 Å². The van der Waals surface area contributed by atoms with Gasteiger partial charge >= 0.3 is 0 Å². The maximum absolute atomic E-state index is 10.6. The molecule has 2 aromatic rings. The van der Waals surface area contributed by atoms with Gasteiger partial charge in [0.15, 0.2) is 0 Å². The second-order valence-electron chi connectivity index (χ2n) is 8.06. The van der Waals surface area contributed by atoms with Gasteiger partial charge in [-0.3, -0.25) is 0 Å². The molecule has 1 aliphatic rings. The average molecular weight is 365 g/mol. The molecule has 2 aromatic carbocycles. The van der Waals surface area contributed by atoms with Crippen LogP contribution < -0.4 is 0 Å². The molecule has 4 atom stereocenters. The number of rotatable bonds is 4. The molecule has 1 saturated carbocycles. The molecule has 0 unspecified atom stereocenters. The van der Waals surface area contributed by atoms with Crippen LogP contribution in [-0.4, -0.2) is 17.3 Å². The first-order valence-corrected chi connectivity index (χ1v) is 10.2. The van der Waals surface area contributed by atoms with Crippen molar-refractivity contribution in [1.29, 1.82) is 0 Å². The van der Waals surface area contributed by atoms with Crippen LogP contribution in [0.3, 0.4) is 0 Å². The van der Waals surface area contributed by atoms with E-state index in [-0.39, 0.29) is 12.2 Å². The summed E-state index contributed by atoms with van der Waals surface area (Å²) in [6.07, 6.45) is 4.38. The maximum atomic E-state index is 10.6. The molecule has 3 rings (SSSR count). The first-order chi connectivity index (χ1) is 13.1. The molecule has 1 N–H and O–H groups in total. The van der Waals surface area contributed by atoms with Crippen molar-refractivity contribution in [2.75, 3.05) is 0 Å². The van der Waals surface area contributed by atoms with E-state index in [4.69, 9.17) is 4.74 Å². The van der Waals surface area contributed by atoms with Crippen LogP contribution in [-0.2, 0) is 11.3 Å². The van der Waals surface area contributed by atoms with Gasteiger partial charge in [0.1, 0.15) is 0 Å². The van der Waals surface area contributed by atoms with Crippen molar-refractivity contribution in [1.82, 2.24) is 0 Å². The third-order valence-corrected chi connectivity index (χ3v) is 5.68. The summed E-state index contributed by atoms with van der Waals surface area (Å²) >= 11 is 0. The van der Waals surface area contributed by atoms with Crippen LogP contribution in [0, 0.1) is 5.92 Å². The van der Waals surface area contributed by atoms with Crippen LogP contribution in [0.25, 0.3) is 0 Å². The Morgan fingerprint density at radius 2 is 1.63 bits per heavy atom. The number of benzene rings is 2. The third-order valence-electron chi connectivity index (χ3n) is 5.68. The molecule has 0 spiro atoms. The van der Waals surface area contributed by atoms with Crippen molar-refractivity contribution >= 4 is 0 Å². The molecule has 0 amide bonds. The zero-order chi connectivity index (χ0) is 19.1. The average Bonchev–Trinajstić information content (AvgIpc) is 2.68. The quantitative estimate of drug-likeness (QED) is 0.687. The van der Waals surface area contributed by atoms with Crippen LogP contribution in [0.5, 0.6) is 0 Å². The Kier molecular flexibility index (Phi) is 7.25. The van der Waals surface area contributed by atoms with Crippen molar-refractivity contribution in [3.63, 3.8) is 0 Å². The van der Waals surface area contributed by atoms with Gasteiger partial charge in [-0.2, -0.15) is 0 Å². The Morgan fingerprint density at radius 1 is 0.963 bits per heavy atom. The van der Waals surface area contributed by atoms with Crippen LogP contribution in [0.4, 0.5) is 0 Å². The lowest BCUT2D eigenvalue weighted by Gasteiger charge is -2.30. The highest BCUT2D eigenvalue weighted by atomic mass is 16.5. The minimum absolute atomic E-state index is 0.0779. The van der Waals surface area contributed by atoms with E-state index in [0.717, 1.165) is 37.7 Å². The minimum Gasteiger partial charge on any atom is -0.393 e. The normalized spacial score (nSPS) is 27.3. The van der Waals surface area contributed by atoms with Gasteiger partial charge in [-0.1, -0.05) is 74.2 Å². The van der Waals surface area contributed by atoms with Gasteiger partial charge < -0.3 is 9.84 Å². The zero-order valence-corrected chi connectivity index (χ0v) is 16.4. The second-order valence-corrected chi connectivity index (χ2v) is 8.06. The summed E-state index contributed by atoms with van der Waals surface area (Å²) in [5, 5.41) is 10.6. The Morgan fingerprint density at radius 3 is 2.33 bits per heavy atom. The summed E-state index contributed by atoms with van der Waals surface area (Å²) in [6.45, 7) is 7.26. The molecule has 27 heavy (non-hydrogen) atoms. The first kappa shape index (κ1) is 19.9. The first-order valence-electron chi connectivity index (χ1n) is 10.2. The van der Waals surface area contributed by atoms with Gasteiger partial charge in [0.25, 0.3) is 0 Å². The van der Waals surface area contributed by atoms with Crippen molar-refractivity contribution in [3.8, 4) is 0 Å². The molecule has 1 aliphatic carbocycles. The van der Waals surface area contributed by atoms with E-state index >= 15 is 0 Å². The monoisotopic (exact) mass is 364 g/mol. The van der Waals surface area contributed by atoms with Crippen molar-refractivity contribution in [3.05, 3.63) is 83.9 Å². The highest BCUT2D eigenvalue weighted by Gasteiger charge is 2.25. The molecule has 144 valence electrons. The lowest BCUT2D eigenvalue weighted by atomic mass is 9.81. The van der Waals surface area contributed by atoms with Gasteiger partial charge in [-0.25, -0.2) is 0 Å². The van der Waals surface area contributed by atoms with Crippen LogP contribution >= 0.6 is 0 Å². The molecule has 0 aliphatic heterocycles. The van der Waals surface area contributed by atoms with Crippen molar-refractivity contribution in [2.45, 2.75) is 63.8 Å². The predicted octanol–water partition coefficient (Wildman–Crippen LogP) is 5.87. The molecule has 0 radical (unpaired) electrons. The summed E-state index contributed by atoms with van der Waals surface area (Å²) in [7, 11) is 0. The lowest BCUT2D eigenvalue weighted by Crippen LogP contribution is -2.23. The summed E-state index contributed by atoms with van der Waals surface area (Å²) < 4.78 is 6.31. The Labute approximate surface area is 163 Å². The van der Waals surface area contributed by atoms with Gasteiger partial charge in [-0.15, -0.1) is 0 Å². The van der Waals surface area contributed by atoms with Gasteiger partial charge in [0.05, 0.1) is 18.8 Å². The molecule has 2 heteroatoms. The molecular formula is C25H32O2. The summed E-state index contributed by atoms with van der Waals surface area (Å²) in [6, 6.07) is 20.9. The number of aliphatic hydroxyl groups is 1. The topological polar surface area (TPSA) is 29.5 Å². The molecule has 0 aromatic heterocycles. The molecule has 2 nitrogen and oxygen atoms in total. The van der Waals surface area contributed by atoms with Gasteiger partial charge in [0.2, 0.25) is 0 Å². The standard InChI is InChI=1S/C25H32O2/c1-19-13-14-25(27-18-21-9-5-3-6-10-21)20(2)16-23(17-24(26)15-19)22-11-7-4-8-12-22/h3-12,19,23-26H,2,13-18H2,1H3/t19-,23+,24+,25-/m1/s1. The molecule has 0 bridgehead atoms. The fourth-order valence-electron chi connectivity index (χ4n) is 4.13. The predicted molar refractivity (Wildman–Crippen MR) is 112 cm³/mol. The number of ether oxygens (including phenoxy) is 1. The van der Waals surface area contributed by atoms with E-state index in [1.54, 1.807) is 0 Å². The highest BCUT2D eigenvalue weighted by molar-refractivity contribution is 5.23. The van der Waals surface area contributed by atoms with Gasteiger partial charge in [0, 0.05) is 0 Å². The van der Waals surface area contributed by atoms with E-state index in [1.807, 2.05) is 12.1 Å². The SMILES string of the molecule is C=C1C[C@H](c2ccccc2)C[C@@H](O)C[C@H](C)CC[C@H]1OCc1ccccc1. The fraction of sp³-hybridized carbons (Fsp3) is 0.440. The Balaban J connectivity index is 1.73. The van der Waals surface area contributed by atoms with E-state index in [0.29, 0.717) is 18.4 Å². The van der Waals surface area contributed by atoms with Crippen LogP contribution in [0.2, 0.25) is 0 Å². The fourth-order valence-corrected chi connectivity index (χ4v) is 4.13. The Hall–Kier alpha value is -1.90.